The van der Waals surface area contributed by atoms with Crippen LogP contribution >= 0.6 is 0 Å². The van der Waals surface area contributed by atoms with Crippen molar-refractivity contribution in [3.8, 4) is 0 Å². The molecule has 0 heterocycles. The van der Waals surface area contributed by atoms with E-state index in [-0.39, 0.29) is 22.0 Å². The Bertz CT molecular complexity index is 443. The molecule has 0 saturated carbocycles. The lowest BCUT2D eigenvalue weighted by atomic mass is 9.66. The zero-order valence-corrected chi connectivity index (χ0v) is 13.1. The lowest BCUT2D eigenvalue weighted by molar-refractivity contribution is -0.114. The summed E-state index contributed by atoms with van der Waals surface area (Å²) in [6, 6.07) is 0. The van der Waals surface area contributed by atoms with Gasteiger partial charge in [-0.1, -0.05) is 65.8 Å². The van der Waals surface area contributed by atoms with Crippen molar-refractivity contribution in [2.75, 3.05) is 0 Å². The Kier molecular flexibility index (Phi) is 3.16. The monoisotopic (exact) mass is 258 g/mol. The lowest BCUT2D eigenvalue weighted by Gasteiger charge is -2.37. The first kappa shape index (κ1) is 14.3. The maximum atomic E-state index is 12.8. The van der Waals surface area contributed by atoms with Crippen LogP contribution in [0.3, 0.4) is 0 Å². The van der Waals surface area contributed by atoms with E-state index < -0.39 is 0 Å². The number of ketones is 1. The van der Waals surface area contributed by atoms with Gasteiger partial charge in [0.15, 0.2) is 5.78 Å². The molecule has 0 N–H and O–H groups in total. The molecule has 0 aliphatic heterocycles. The van der Waals surface area contributed by atoms with Gasteiger partial charge in [0.2, 0.25) is 0 Å². The molecule has 0 radical (unpaired) electrons. The predicted molar refractivity (Wildman–Crippen MR) is 80.9 cm³/mol. The summed E-state index contributed by atoms with van der Waals surface area (Å²) in [5.74, 6) is 0.248. The zero-order chi connectivity index (χ0) is 14.5. The molecule has 0 unspecified atom stereocenters. The number of carbonyl (C=O) groups is 1. The number of carbonyl (C=O) groups excluding carboxylic acids is 1. The van der Waals surface area contributed by atoms with Crippen molar-refractivity contribution in [1.82, 2.24) is 0 Å². The molecular formula is C18H26O. The van der Waals surface area contributed by atoms with E-state index >= 15 is 0 Å². The molecule has 0 bridgehead atoms. The Labute approximate surface area is 117 Å². The third kappa shape index (κ3) is 2.61. The van der Waals surface area contributed by atoms with Gasteiger partial charge in [-0.15, -0.1) is 0 Å². The van der Waals surface area contributed by atoms with Gasteiger partial charge < -0.3 is 0 Å². The van der Waals surface area contributed by atoms with Crippen LogP contribution in [0.15, 0.2) is 35.5 Å². The van der Waals surface area contributed by atoms with Crippen LogP contribution in [0.2, 0.25) is 0 Å². The van der Waals surface area contributed by atoms with E-state index in [1.807, 2.05) is 0 Å². The highest BCUT2D eigenvalue weighted by Crippen LogP contribution is 2.48. The highest BCUT2D eigenvalue weighted by molar-refractivity contribution is 6.11. The van der Waals surface area contributed by atoms with Crippen LogP contribution in [0.4, 0.5) is 0 Å². The van der Waals surface area contributed by atoms with Crippen molar-refractivity contribution >= 4 is 5.78 Å². The molecule has 1 heteroatoms. The summed E-state index contributed by atoms with van der Waals surface area (Å²) in [4.78, 5) is 12.8. The van der Waals surface area contributed by atoms with Gasteiger partial charge in [-0.05, 0) is 23.7 Å². The minimum atomic E-state index is -0.0859. The van der Waals surface area contributed by atoms with Crippen LogP contribution in [0.25, 0.3) is 0 Å². The SMILES string of the molecule is CC(C)(C)C1=CC2(C=C(C(C)(C)C)C1=O)CC=CC2. The van der Waals surface area contributed by atoms with Crippen molar-refractivity contribution in [2.24, 2.45) is 16.2 Å². The van der Waals surface area contributed by atoms with E-state index in [1.54, 1.807) is 0 Å². The number of hydrogen-bond acceptors (Lipinski definition) is 1. The van der Waals surface area contributed by atoms with E-state index in [4.69, 9.17) is 0 Å². The number of allylic oxidation sites excluding steroid dienone is 6. The van der Waals surface area contributed by atoms with E-state index in [2.05, 4.69) is 65.8 Å². The van der Waals surface area contributed by atoms with Crippen LogP contribution < -0.4 is 0 Å². The topological polar surface area (TPSA) is 17.1 Å². The van der Waals surface area contributed by atoms with Crippen LogP contribution in [0, 0.1) is 16.2 Å². The second kappa shape index (κ2) is 4.19. The Balaban J connectivity index is 2.54. The van der Waals surface area contributed by atoms with Crippen LogP contribution in [0.5, 0.6) is 0 Å². The molecule has 1 nitrogen and oxygen atoms in total. The fraction of sp³-hybridized carbons (Fsp3) is 0.611. The molecule has 0 atom stereocenters. The molecule has 0 saturated heterocycles. The molecule has 2 aliphatic rings. The van der Waals surface area contributed by atoms with E-state index in [9.17, 15) is 4.79 Å². The molecule has 1 spiro atoms. The number of Topliss-reactive ketones (excluding diaryl/α,β-unsaturated/α-hetero) is 1. The Hall–Kier alpha value is -1.11. The van der Waals surface area contributed by atoms with E-state index in [1.165, 1.54) is 0 Å². The van der Waals surface area contributed by atoms with Crippen LogP contribution in [-0.2, 0) is 4.79 Å². The number of hydrogen-bond donors (Lipinski definition) is 0. The Morgan fingerprint density at radius 2 is 1.21 bits per heavy atom. The maximum Gasteiger partial charge on any atom is 0.185 e. The highest BCUT2D eigenvalue weighted by atomic mass is 16.1. The fourth-order valence-electron chi connectivity index (χ4n) is 2.93. The lowest BCUT2D eigenvalue weighted by Crippen LogP contribution is -2.32. The Morgan fingerprint density at radius 1 is 0.842 bits per heavy atom. The van der Waals surface area contributed by atoms with Crippen LogP contribution in [0.1, 0.15) is 54.4 Å². The number of rotatable bonds is 0. The molecule has 104 valence electrons. The first-order valence-electron chi connectivity index (χ1n) is 7.22. The standard InChI is InChI=1S/C18H26O/c1-16(2,3)13-11-18(9-7-8-10-18)12-14(15(13)19)17(4,5)6/h7-8,11-12H,9-10H2,1-6H3. The minimum Gasteiger partial charge on any atom is -0.289 e. The summed E-state index contributed by atoms with van der Waals surface area (Å²) in [6.07, 6.45) is 11.0. The first-order valence-corrected chi connectivity index (χ1v) is 7.22. The summed E-state index contributed by atoms with van der Waals surface area (Å²) >= 11 is 0. The highest BCUT2D eigenvalue weighted by Gasteiger charge is 2.40. The molecule has 2 aliphatic carbocycles. The molecule has 2 rings (SSSR count). The summed E-state index contributed by atoms with van der Waals surface area (Å²) < 4.78 is 0. The van der Waals surface area contributed by atoms with Crippen molar-refractivity contribution in [2.45, 2.75) is 54.4 Å². The summed E-state index contributed by atoms with van der Waals surface area (Å²) in [5, 5.41) is 0. The average molecular weight is 258 g/mol. The minimum absolute atomic E-state index is 0.0547. The smallest absolute Gasteiger partial charge is 0.185 e. The Morgan fingerprint density at radius 3 is 1.53 bits per heavy atom. The third-order valence-electron chi connectivity index (χ3n) is 4.13. The molecule has 0 aromatic carbocycles. The zero-order valence-electron chi connectivity index (χ0n) is 13.1. The molecule has 0 fully saturated rings. The molecule has 0 aromatic heterocycles. The molecule has 0 aromatic rings. The fourth-order valence-corrected chi connectivity index (χ4v) is 2.93. The van der Waals surface area contributed by atoms with Gasteiger partial charge in [-0.25, -0.2) is 0 Å². The van der Waals surface area contributed by atoms with Crippen molar-refractivity contribution in [3.63, 3.8) is 0 Å². The predicted octanol–water partition coefficient (Wildman–Crippen LogP) is 4.85. The van der Waals surface area contributed by atoms with Crippen molar-refractivity contribution in [3.05, 3.63) is 35.5 Å². The average Bonchev–Trinajstić information content (AvgIpc) is 2.67. The van der Waals surface area contributed by atoms with Gasteiger partial charge >= 0.3 is 0 Å². The van der Waals surface area contributed by atoms with Crippen molar-refractivity contribution in [1.29, 1.82) is 0 Å². The van der Waals surface area contributed by atoms with Gasteiger partial charge in [-0.2, -0.15) is 0 Å². The quantitative estimate of drug-likeness (QED) is 0.568. The largest absolute Gasteiger partial charge is 0.289 e. The maximum absolute atomic E-state index is 12.8. The first-order chi connectivity index (χ1) is 8.55. The molecule has 0 amide bonds. The van der Waals surface area contributed by atoms with Gasteiger partial charge in [-0.3, -0.25) is 4.79 Å². The van der Waals surface area contributed by atoms with Gasteiger partial charge in [0.05, 0.1) is 0 Å². The normalized spacial score (nSPS) is 22.7. The van der Waals surface area contributed by atoms with Gasteiger partial charge in [0.25, 0.3) is 0 Å². The van der Waals surface area contributed by atoms with Gasteiger partial charge in [0.1, 0.15) is 0 Å². The summed E-state index contributed by atoms with van der Waals surface area (Å²) in [5.41, 5.74) is 1.86. The summed E-state index contributed by atoms with van der Waals surface area (Å²) in [6.45, 7) is 12.8. The molecule has 19 heavy (non-hydrogen) atoms. The van der Waals surface area contributed by atoms with Gasteiger partial charge in [0, 0.05) is 16.6 Å². The van der Waals surface area contributed by atoms with E-state index in [0.29, 0.717) is 0 Å². The summed E-state index contributed by atoms with van der Waals surface area (Å²) in [7, 11) is 0. The third-order valence-corrected chi connectivity index (χ3v) is 4.13. The second-order valence-corrected chi connectivity index (χ2v) is 8.06. The second-order valence-electron chi connectivity index (χ2n) is 8.06. The molecular weight excluding hydrogens is 232 g/mol. The van der Waals surface area contributed by atoms with Crippen LogP contribution in [-0.4, -0.2) is 5.78 Å². The van der Waals surface area contributed by atoms with Crippen molar-refractivity contribution < 1.29 is 4.79 Å². The van der Waals surface area contributed by atoms with E-state index in [0.717, 1.165) is 24.0 Å².